The topological polar surface area (TPSA) is 32.3 Å². The summed E-state index contributed by atoms with van der Waals surface area (Å²) in [5.41, 5.74) is 1.48. The average molecular weight is 194 g/mol. The lowest BCUT2D eigenvalue weighted by Gasteiger charge is -2.12. The van der Waals surface area contributed by atoms with Crippen LogP contribution in [-0.4, -0.2) is 37.0 Å². The van der Waals surface area contributed by atoms with Crippen LogP contribution in [0.25, 0.3) is 0 Å². The van der Waals surface area contributed by atoms with Crippen LogP contribution in [-0.2, 0) is 4.79 Å². The molecule has 1 aliphatic carbocycles. The number of nitrogens with one attached hydrogen (secondary N) is 1. The number of likely N-dealkylation sites (tertiary alicyclic amines) is 1. The lowest BCUT2D eigenvalue weighted by Crippen LogP contribution is -2.37. The molecule has 14 heavy (non-hydrogen) atoms. The fourth-order valence-electron chi connectivity index (χ4n) is 2.16. The first kappa shape index (κ1) is 9.71. The number of likely N-dealkylation sites (N-methyl/N-ethyl adjacent to an activating group) is 1. The molecule has 0 aromatic rings. The van der Waals surface area contributed by atoms with Gasteiger partial charge in [-0.15, -0.1) is 0 Å². The van der Waals surface area contributed by atoms with Crippen molar-refractivity contribution in [2.24, 2.45) is 0 Å². The molecule has 1 unspecified atom stereocenters. The molecular weight excluding hydrogens is 176 g/mol. The monoisotopic (exact) mass is 194 g/mol. The van der Waals surface area contributed by atoms with Crippen LogP contribution >= 0.6 is 0 Å². The Morgan fingerprint density at radius 3 is 3.07 bits per heavy atom. The Morgan fingerprint density at radius 1 is 1.64 bits per heavy atom. The fraction of sp³-hybridized carbons (Fsp3) is 0.727. The molecule has 78 valence electrons. The van der Waals surface area contributed by atoms with Gasteiger partial charge in [-0.2, -0.15) is 0 Å². The summed E-state index contributed by atoms with van der Waals surface area (Å²) in [5, 5.41) is 3.34. The van der Waals surface area contributed by atoms with Crippen LogP contribution in [0.4, 0.5) is 0 Å². The number of hydrogen-bond donors (Lipinski definition) is 1. The molecule has 0 aromatic heterocycles. The van der Waals surface area contributed by atoms with Crippen LogP contribution in [0.15, 0.2) is 11.6 Å². The normalized spacial score (nSPS) is 27.2. The number of hydrogen-bond acceptors (Lipinski definition) is 2. The van der Waals surface area contributed by atoms with E-state index in [1.807, 2.05) is 7.05 Å². The van der Waals surface area contributed by atoms with Gasteiger partial charge in [-0.25, -0.2) is 0 Å². The largest absolute Gasteiger partial charge is 0.344 e. The van der Waals surface area contributed by atoms with E-state index in [0.717, 1.165) is 19.5 Å². The highest BCUT2D eigenvalue weighted by molar-refractivity contribution is 5.83. The third-order valence-corrected chi connectivity index (χ3v) is 3.14. The Morgan fingerprint density at radius 2 is 2.50 bits per heavy atom. The van der Waals surface area contributed by atoms with Gasteiger partial charge >= 0.3 is 0 Å². The molecule has 0 radical (unpaired) electrons. The number of rotatable bonds is 3. The van der Waals surface area contributed by atoms with Gasteiger partial charge in [-0.05, 0) is 25.7 Å². The van der Waals surface area contributed by atoms with E-state index in [9.17, 15) is 4.79 Å². The van der Waals surface area contributed by atoms with Crippen molar-refractivity contribution in [3.8, 4) is 0 Å². The lowest BCUT2D eigenvalue weighted by atomic mass is 10.2. The van der Waals surface area contributed by atoms with Crippen LogP contribution in [0.5, 0.6) is 0 Å². The van der Waals surface area contributed by atoms with Gasteiger partial charge in [-0.3, -0.25) is 4.79 Å². The van der Waals surface area contributed by atoms with Gasteiger partial charge < -0.3 is 10.2 Å². The fourth-order valence-corrected chi connectivity index (χ4v) is 2.16. The molecule has 3 nitrogen and oxygen atoms in total. The maximum absolute atomic E-state index is 11.6. The maximum Gasteiger partial charge on any atom is 0.239 e. The molecule has 2 aliphatic rings. The molecular formula is C11H18N2O. The summed E-state index contributed by atoms with van der Waals surface area (Å²) < 4.78 is 0. The second-order valence-corrected chi connectivity index (χ2v) is 4.24. The van der Waals surface area contributed by atoms with E-state index in [-0.39, 0.29) is 11.9 Å². The molecule has 3 heteroatoms. The number of allylic oxidation sites excluding steroid dienone is 1. The minimum Gasteiger partial charge on any atom is -0.344 e. The van der Waals surface area contributed by atoms with Gasteiger partial charge in [0, 0.05) is 20.1 Å². The van der Waals surface area contributed by atoms with Crippen LogP contribution in [0, 0.1) is 0 Å². The van der Waals surface area contributed by atoms with Gasteiger partial charge in [0.2, 0.25) is 5.91 Å². The van der Waals surface area contributed by atoms with E-state index in [1.54, 1.807) is 4.90 Å². The number of carbonyl (C=O) groups is 1. The standard InChI is InChI=1S/C11H18N2O/c1-13-7-6-10(11(13)14)12-8-9-4-2-3-5-9/h4,10,12H,2-3,5-8H2,1H3. The van der Waals surface area contributed by atoms with Crippen LogP contribution in [0.2, 0.25) is 0 Å². The third-order valence-electron chi connectivity index (χ3n) is 3.14. The molecule has 0 aromatic carbocycles. The zero-order valence-corrected chi connectivity index (χ0v) is 8.75. The molecule has 0 saturated carbocycles. The van der Waals surface area contributed by atoms with Crippen LogP contribution in [0.1, 0.15) is 25.7 Å². The summed E-state index contributed by atoms with van der Waals surface area (Å²) in [6.07, 6.45) is 6.98. The average Bonchev–Trinajstić information content (AvgIpc) is 2.77. The van der Waals surface area contributed by atoms with Crippen molar-refractivity contribution in [3.05, 3.63) is 11.6 Å². The second-order valence-electron chi connectivity index (χ2n) is 4.24. The van der Waals surface area contributed by atoms with Gasteiger partial charge in [0.1, 0.15) is 0 Å². The SMILES string of the molecule is CN1CCC(NCC2=CCCC2)C1=O. The highest BCUT2D eigenvalue weighted by Crippen LogP contribution is 2.17. The maximum atomic E-state index is 11.6. The highest BCUT2D eigenvalue weighted by Gasteiger charge is 2.28. The molecule has 2 rings (SSSR count). The van der Waals surface area contributed by atoms with Crippen molar-refractivity contribution in [1.82, 2.24) is 10.2 Å². The first-order valence-electron chi connectivity index (χ1n) is 5.43. The Balaban J connectivity index is 1.78. The summed E-state index contributed by atoms with van der Waals surface area (Å²) in [5.74, 6) is 0.253. The zero-order valence-electron chi connectivity index (χ0n) is 8.75. The molecule has 1 fully saturated rings. The van der Waals surface area contributed by atoms with Gasteiger partial charge in [-0.1, -0.05) is 11.6 Å². The predicted molar refractivity (Wildman–Crippen MR) is 56.0 cm³/mol. The first-order chi connectivity index (χ1) is 6.77. The Kier molecular flexibility index (Phi) is 2.87. The summed E-state index contributed by atoms with van der Waals surface area (Å²) in [6, 6.07) is 0.0708. The van der Waals surface area contributed by atoms with Crippen LogP contribution < -0.4 is 5.32 Å². The summed E-state index contributed by atoms with van der Waals surface area (Å²) >= 11 is 0. The van der Waals surface area contributed by atoms with Gasteiger partial charge in [0.05, 0.1) is 6.04 Å². The molecule has 1 heterocycles. The quantitative estimate of drug-likeness (QED) is 0.677. The molecule has 1 aliphatic heterocycles. The smallest absolute Gasteiger partial charge is 0.239 e. The van der Waals surface area contributed by atoms with Crippen molar-refractivity contribution in [2.75, 3.05) is 20.1 Å². The predicted octanol–water partition coefficient (Wildman–Crippen LogP) is 0.917. The summed E-state index contributed by atoms with van der Waals surface area (Å²) in [4.78, 5) is 13.4. The van der Waals surface area contributed by atoms with E-state index < -0.39 is 0 Å². The molecule has 1 N–H and O–H groups in total. The minimum absolute atomic E-state index is 0.0708. The van der Waals surface area contributed by atoms with E-state index in [4.69, 9.17) is 0 Å². The van der Waals surface area contributed by atoms with Gasteiger partial charge in [0.25, 0.3) is 0 Å². The van der Waals surface area contributed by atoms with Crippen molar-refractivity contribution >= 4 is 5.91 Å². The van der Waals surface area contributed by atoms with Gasteiger partial charge in [0.15, 0.2) is 0 Å². The van der Waals surface area contributed by atoms with Crippen molar-refractivity contribution in [2.45, 2.75) is 31.7 Å². The number of amides is 1. The molecule has 1 amide bonds. The van der Waals surface area contributed by atoms with E-state index in [1.165, 1.54) is 24.8 Å². The Bertz CT molecular complexity index is 260. The van der Waals surface area contributed by atoms with E-state index in [0.29, 0.717) is 0 Å². The highest BCUT2D eigenvalue weighted by atomic mass is 16.2. The number of carbonyl (C=O) groups excluding carboxylic acids is 1. The lowest BCUT2D eigenvalue weighted by molar-refractivity contribution is -0.128. The first-order valence-corrected chi connectivity index (χ1v) is 5.43. The zero-order chi connectivity index (χ0) is 9.97. The Labute approximate surface area is 85.2 Å². The van der Waals surface area contributed by atoms with E-state index in [2.05, 4.69) is 11.4 Å². The molecule has 1 atom stereocenters. The molecule has 0 bridgehead atoms. The second kappa shape index (κ2) is 4.13. The third kappa shape index (κ3) is 1.98. The molecule has 0 spiro atoms. The molecule has 1 saturated heterocycles. The van der Waals surface area contributed by atoms with E-state index >= 15 is 0 Å². The van der Waals surface area contributed by atoms with Crippen molar-refractivity contribution in [3.63, 3.8) is 0 Å². The Hall–Kier alpha value is -0.830. The summed E-state index contributed by atoms with van der Waals surface area (Å²) in [7, 11) is 1.87. The number of nitrogens with zero attached hydrogens (tertiary/aromatic N) is 1. The van der Waals surface area contributed by atoms with Crippen LogP contribution in [0.3, 0.4) is 0 Å². The van der Waals surface area contributed by atoms with Crippen molar-refractivity contribution in [1.29, 1.82) is 0 Å². The van der Waals surface area contributed by atoms with Crippen molar-refractivity contribution < 1.29 is 4.79 Å². The minimum atomic E-state index is 0.0708. The summed E-state index contributed by atoms with van der Waals surface area (Å²) in [6.45, 7) is 1.81.